The first kappa shape index (κ1) is 23.2. The summed E-state index contributed by atoms with van der Waals surface area (Å²) in [6, 6.07) is 11.7. The summed E-state index contributed by atoms with van der Waals surface area (Å²) in [5, 5.41) is 2.00. The number of benzene rings is 2. The summed E-state index contributed by atoms with van der Waals surface area (Å²) in [7, 11) is 1.45. The third-order valence-electron chi connectivity index (χ3n) is 4.20. The summed E-state index contributed by atoms with van der Waals surface area (Å²) < 4.78 is 14.2. The molecular formula is C20H26FN5OS2. The first-order valence-electron chi connectivity index (χ1n) is 8.95. The van der Waals surface area contributed by atoms with E-state index in [2.05, 4.69) is 4.99 Å². The van der Waals surface area contributed by atoms with Crippen LogP contribution in [0.25, 0.3) is 0 Å². The Morgan fingerprint density at radius 1 is 1.21 bits per heavy atom. The standard InChI is InChI=1S/C20H26FN5OS2/c1-14-6-4-9-18(26(23)20(27)25(2)22)17(14)13-29-19(28-3)24-11-10-15-7-5-8-16(21)12-15/h4-9,12H,10-11,13,22-23H2,1-3H3. The van der Waals surface area contributed by atoms with Gasteiger partial charge in [-0.25, -0.2) is 25.9 Å². The van der Waals surface area contributed by atoms with Crippen molar-refractivity contribution in [2.24, 2.45) is 16.7 Å². The zero-order valence-electron chi connectivity index (χ0n) is 16.8. The molecule has 0 bridgehead atoms. The molecule has 29 heavy (non-hydrogen) atoms. The molecule has 0 aliphatic carbocycles. The highest BCUT2D eigenvalue weighted by molar-refractivity contribution is 8.38. The van der Waals surface area contributed by atoms with Gasteiger partial charge in [-0.15, -0.1) is 11.8 Å². The number of carbonyl (C=O) groups is 1. The van der Waals surface area contributed by atoms with Gasteiger partial charge in [0.15, 0.2) is 0 Å². The average Bonchev–Trinajstić information content (AvgIpc) is 2.70. The minimum absolute atomic E-state index is 0.234. The number of aryl methyl sites for hydroxylation is 1. The molecule has 0 atom stereocenters. The maximum atomic E-state index is 13.3. The second-order valence-electron chi connectivity index (χ2n) is 6.36. The molecule has 2 rings (SSSR count). The number of urea groups is 1. The Bertz CT molecular complexity index is 876. The molecule has 0 radical (unpaired) electrons. The molecule has 0 aliphatic heterocycles. The van der Waals surface area contributed by atoms with E-state index in [1.54, 1.807) is 35.7 Å². The summed E-state index contributed by atoms with van der Waals surface area (Å²) in [6.45, 7) is 2.55. The lowest BCUT2D eigenvalue weighted by Crippen LogP contribution is -2.49. The average molecular weight is 436 g/mol. The van der Waals surface area contributed by atoms with Gasteiger partial charge in [-0.2, -0.15) is 0 Å². The minimum atomic E-state index is -0.504. The van der Waals surface area contributed by atoms with Crippen molar-refractivity contribution in [1.82, 2.24) is 5.01 Å². The van der Waals surface area contributed by atoms with E-state index in [-0.39, 0.29) is 5.82 Å². The first-order valence-corrected chi connectivity index (χ1v) is 11.2. The Labute approximate surface area is 179 Å². The van der Waals surface area contributed by atoms with Crippen LogP contribution in [0.4, 0.5) is 14.9 Å². The normalized spacial score (nSPS) is 11.4. The molecule has 0 saturated carbocycles. The van der Waals surface area contributed by atoms with E-state index in [1.165, 1.54) is 19.2 Å². The van der Waals surface area contributed by atoms with Crippen molar-refractivity contribution in [2.75, 3.05) is 24.9 Å². The molecule has 156 valence electrons. The first-order chi connectivity index (χ1) is 13.8. The van der Waals surface area contributed by atoms with Gasteiger partial charge in [0.2, 0.25) is 0 Å². The zero-order chi connectivity index (χ0) is 21.4. The summed E-state index contributed by atoms with van der Waals surface area (Å²) in [4.78, 5) is 16.8. The topological polar surface area (TPSA) is 88.0 Å². The lowest BCUT2D eigenvalue weighted by atomic mass is 10.1. The number of thioether (sulfide) groups is 2. The van der Waals surface area contributed by atoms with Crippen LogP contribution in [0.5, 0.6) is 0 Å². The largest absolute Gasteiger partial charge is 0.352 e. The Morgan fingerprint density at radius 2 is 1.93 bits per heavy atom. The molecule has 2 aromatic rings. The maximum absolute atomic E-state index is 13.3. The zero-order valence-corrected chi connectivity index (χ0v) is 18.4. The predicted molar refractivity (Wildman–Crippen MR) is 122 cm³/mol. The second-order valence-corrected chi connectivity index (χ2v) is 8.37. The van der Waals surface area contributed by atoms with Crippen LogP contribution >= 0.6 is 23.5 Å². The molecule has 2 amide bonds. The van der Waals surface area contributed by atoms with E-state index in [1.807, 2.05) is 31.4 Å². The predicted octanol–water partition coefficient (Wildman–Crippen LogP) is 3.93. The molecule has 4 N–H and O–H groups in total. The van der Waals surface area contributed by atoms with Gasteiger partial charge >= 0.3 is 6.03 Å². The van der Waals surface area contributed by atoms with Crippen LogP contribution in [-0.2, 0) is 12.2 Å². The van der Waals surface area contributed by atoms with Crippen LogP contribution in [0.3, 0.4) is 0 Å². The van der Waals surface area contributed by atoms with E-state index in [0.717, 1.165) is 31.1 Å². The number of carbonyl (C=O) groups excluding carboxylic acids is 1. The van der Waals surface area contributed by atoms with E-state index in [9.17, 15) is 9.18 Å². The summed E-state index contributed by atoms with van der Waals surface area (Å²) in [6.07, 6.45) is 2.64. The maximum Gasteiger partial charge on any atom is 0.352 e. The summed E-state index contributed by atoms with van der Waals surface area (Å²) in [5.74, 6) is 11.9. The second kappa shape index (κ2) is 11.2. The quantitative estimate of drug-likeness (QED) is 0.236. The van der Waals surface area contributed by atoms with Crippen LogP contribution in [-0.4, -0.2) is 35.3 Å². The lowest BCUT2D eigenvalue weighted by molar-refractivity contribution is 0.216. The van der Waals surface area contributed by atoms with Crippen molar-refractivity contribution in [3.05, 3.63) is 65.0 Å². The van der Waals surface area contributed by atoms with E-state index < -0.39 is 6.03 Å². The molecule has 0 heterocycles. The molecule has 6 nitrogen and oxygen atoms in total. The number of hydrogen-bond acceptors (Lipinski definition) is 6. The summed E-state index contributed by atoms with van der Waals surface area (Å²) in [5.41, 5.74) is 3.50. The van der Waals surface area contributed by atoms with Crippen LogP contribution < -0.4 is 16.7 Å². The lowest BCUT2D eigenvalue weighted by Gasteiger charge is -2.24. The fourth-order valence-electron chi connectivity index (χ4n) is 2.65. The molecule has 0 spiro atoms. The molecule has 0 aliphatic rings. The van der Waals surface area contributed by atoms with Crippen molar-refractivity contribution in [1.29, 1.82) is 0 Å². The fourth-order valence-corrected chi connectivity index (χ4v) is 4.34. The van der Waals surface area contributed by atoms with Gasteiger partial charge in [-0.1, -0.05) is 36.0 Å². The van der Waals surface area contributed by atoms with E-state index in [4.69, 9.17) is 11.7 Å². The molecular weight excluding hydrogens is 409 g/mol. The van der Waals surface area contributed by atoms with Crippen LogP contribution in [0.2, 0.25) is 0 Å². The Balaban J connectivity index is 2.07. The number of amides is 2. The van der Waals surface area contributed by atoms with Crippen LogP contribution in [0.15, 0.2) is 47.5 Å². The van der Waals surface area contributed by atoms with Gasteiger partial charge in [0, 0.05) is 19.3 Å². The van der Waals surface area contributed by atoms with Gasteiger partial charge in [-0.3, -0.25) is 10.0 Å². The monoisotopic (exact) mass is 435 g/mol. The van der Waals surface area contributed by atoms with Gasteiger partial charge in [-0.05, 0) is 54.5 Å². The number of hydrogen-bond donors (Lipinski definition) is 2. The number of halogens is 1. The number of hydrazine groups is 2. The van der Waals surface area contributed by atoms with Crippen LogP contribution in [0.1, 0.15) is 16.7 Å². The van der Waals surface area contributed by atoms with Gasteiger partial charge in [0.25, 0.3) is 0 Å². The summed E-state index contributed by atoms with van der Waals surface area (Å²) >= 11 is 3.14. The SMILES string of the molecule is CSC(=NCCc1cccc(F)c1)SCc1c(C)cccc1N(N)C(=O)N(C)N. The highest BCUT2D eigenvalue weighted by Gasteiger charge is 2.19. The molecule has 0 aromatic heterocycles. The third kappa shape index (κ3) is 6.74. The number of aliphatic imine (C=N–C) groups is 1. The highest BCUT2D eigenvalue weighted by atomic mass is 32.2. The fraction of sp³-hybridized carbons (Fsp3) is 0.300. The number of nitrogens with zero attached hydrogens (tertiary/aromatic N) is 3. The van der Waals surface area contributed by atoms with Crippen LogP contribution in [0, 0.1) is 12.7 Å². The Morgan fingerprint density at radius 3 is 2.59 bits per heavy atom. The number of rotatable bonds is 6. The number of nitrogens with two attached hydrogens (primary N) is 2. The molecule has 0 unspecified atom stereocenters. The Hall–Kier alpha value is -2.07. The minimum Gasteiger partial charge on any atom is -0.271 e. The molecule has 9 heteroatoms. The number of anilines is 1. The highest BCUT2D eigenvalue weighted by Crippen LogP contribution is 2.29. The smallest absolute Gasteiger partial charge is 0.271 e. The molecule has 0 saturated heterocycles. The van der Waals surface area contributed by atoms with Gasteiger partial charge in [0.1, 0.15) is 10.2 Å². The molecule has 0 fully saturated rings. The Kier molecular flexibility index (Phi) is 8.97. The van der Waals surface area contributed by atoms with Gasteiger partial charge < -0.3 is 0 Å². The van der Waals surface area contributed by atoms with Crippen molar-refractivity contribution in [2.45, 2.75) is 19.1 Å². The molecule has 2 aromatic carbocycles. The van der Waals surface area contributed by atoms with Crippen molar-refractivity contribution in [3.63, 3.8) is 0 Å². The van der Waals surface area contributed by atoms with Crippen molar-refractivity contribution >= 4 is 39.6 Å². The van der Waals surface area contributed by atoms with Gasteiger partial charge in [0.05, 0.1) is 5.69 Å². The van der Waals surface area contributed by atoms with Crippen molar-refractivity contribution in [3.8, 4) is 0 Å². The van der Waals surface area contributed by atoms with E-state index in [0.29, 0.717) is 24.4 Å². The third-order valence-corrected chi connectivity index (χ3v) is 6.34. The van der Waals surface area contributed by atoms with E-state index >= 15 is 0 Å². The van der Waals surface area contributed by atoms with Crippen molar-refractivity contribution < 1.29 is 9.18 Å².